The van der Waals surface area contributed by atoms with E-state index in [1.165, 1.54) is 0 Å². The summed E-state index contributed by atoms with van der Waals surface area (Å²) in [6.07, 6.45) is 0.946. The third-order valence-electron chi connectivity index (χ3n) is 2.12. The SMILES string of the molecule is CCC(C)NC(=O)NCC(C)CC(=O)O. The lowest BCUT2D eigenvalue weighted by atomic mass is 10.1. The van der Waals surface area contributed by atoms with Crippen molar-refractivity contribution < 1.29 is 14.7 Å². The Bertz CT molecular complexity index is 219. The number of aliphatic carboxylic acids is 1. The molecular formula is C10H20N2O3. The Hall–Kier alpha value is -1.26. The molecule has 2 unspecified atom stereocenters. The molecule has 0 heterocycles. The van der Waals surface area contributed by atoms with E-state index in [1.807, 2.05) is 13.8 Å². The Morgan fingerprint density at radius 2 is 1.93 bits per heavy atom. The highest BCUT2D eigenvalue weighted by atomic mass is 16.4. The summed E-state index contributed by atoms with van der Waals surface area (Å²) in [4.78, 5) is 21.6. The van der Waals surface area contributed by atoms with Gasteiger partial charge in [-0.3, -0.25) is 4.79 Å². The molecule has 5 nitrogen and oxygen atoms in total. The molecule has 0 spiro atoms. The number of hydrogen-bond acceptors (Lipinski definition) is 2. The van der Waals surface area contributed by atoms with Crippen LogP contribution in [-0.4, -0.2) is 29.7 Å². The van der Waals surface area contributed by atoms with Gasteiger partial charge in [0.05, 0.1) is 0 Å². The second-order valence-electron chi connectivity index (χ2n) is 3.87. The first-order chi connectivity index (χ1) is 6.95. The molecule has 15 heavy (non-hydrogen) atoms. The molecule has 3 N–H and O–H groups in total. The monoisotopic (exact) mass is 216 g/mol. The van der Waals surface area contributed by atoms with Gasteiger partial charge >= 0.3 is 12.0 Å². The molecule has 0 saturated carbocycles. The van der Waals surface area contributed by atoms with Crippen LogP contribution in [0.15, 0.2) is 0 Å². The Labute approximate surface area is 90.2 Å². The number of carboxylic acids is 1. The van der Waals surface area contributed by atoms with Crippen molar-refractivity contribution >= 4 is 12.0 Å². The largest absolute Gasteiger partial charge is 0.481 e. The first kappa shape index (κ1) is 13.7. The number of carbonyl (C=O) groups excluding carboxylic acids is 1. The lowest BCUT2D eigenvalue weighted by Crippen LogP contribution is -2.42. The minimum atomic E-state index is -0.841. The first-order valence-electron chi connectivity index (χ1n) is 5.21. The van der Waals surface area contributed by atoms with Crippen molar-refractivity contribution in [1.29, 1.82) is 0 Å². The van der Waals surface area contributed by atoms with Crippen molar-refractivity contribution in [3.63, 3.8) is 0 Å². The van der Waals surface area contributed by atoms with E-state index in [-0.39, 0.29) is 24.4 Å². The Morgan fingerprint density at radius 3 is 2.40 bits per heavy atom. The van der Waals surface area contributed by atoms with Gasteiger partial charge in [0.15, 0.2) is 0 Å². The highest BCUT2D eigenvalue weighted by Crippen LogP contribution is 1.99. The fraction of sp³-hybridized carbons (Fsp3) is 0.800. The zero-order chi connectivity index (χ0) is 11.8. The summed E-state index contributed by atoms with van der Waals surface area (Å²) in [6.45, 7) is 6.07. The predicted octanol–water partition coefficient (Wildman–Crippen LogP) is 1.19. The van der Waals surface area contributed by atoms with Crippen LogP contribution in [0.25, 0.3) is 0 Å². The van der Waals surface area contributed by atoms with Gasteiger partial charge in [-0.15, -0.1) is 0 Å². The predicted molar refractivity (Wildman–Crippen MR) is 57.7 cm³/mol. The molecule has 0 aromatic rings. The lowest BCUT2D eigenvalue weighted by molar-refractivity contribution is -0.137. The maximum atomic E-state index is 11.2. The summed E-state index contributed by atoms with van der Waals surface area (Å²) in [5, 5.41) is 13.9. The summed E-state index contributed by atoms with van der Waals surface area (Å²) >= 11 is 0. The fourth-order valence-electron chi connectivity index (χ4n) is 1.01. The van der Waals surface area contributed by atoms with Gasteiger partial charge in [-0.1, -0.05) is 13.8 Å². The first-order valence-corrected chi connectivity index (χ1v) is 5.21. The summed E-state index contributed by atoms with van der Waals surface area (Å²) in [5.74, 6) is -0.892. The van der Waals surface area contributed by atoms with Gasteiger partial charge < -0.3 is 15.7 Å². The zero-order valence-corrected chi connectivity index (χ0v) is 9.54. The molecule has 0 aliphatic heterocycles. The van der Waals surface area contributed by atoms with Crippen molar-refractivity contribution in [1.82, 2.24) is 10.6 Å². The Balaban J connectivity index is 3.66. The maximum Gasteiger partial charge on any atom is 0.315 e. The van der Waals surface area contributed by atoms with Gasteiger partial charge in [0.25, 0.3) is 0 Å². The third-order valence-corrected chi connectivity index (χ3v) is 2.12. The molecular weight excluding hydrogens is 196 g/mol. The minimum absolute atomic E-state index is 0.0508. The summed E-state index contributed by atoms with van der Waals surface area (Å²) in [5.41, 5.74) is 0. The van der Waals surface area contributed by atoms with Crippen LogP contribution in [0.4, 0.5) is 4.79 Å². The van der Waals surface area contributed by atoms with Crippen molar-refractivity contribution in [2.45, 2.75) is 39.7 Å². The van der Waals surface area contributed by atoms with E-state index in [2.05, 4.69) is 10.6 Å². The third kappa shape index (κ3) is 7.78. The number of urea groups is 1. The summed E-state index contributed by atoms with van der Waals surface area (Å²) < 4.78 is 0. The summed E-state index contributed by atoms with van der Waals surface area (Å²) in [7, 11) is 0. The molecule has 0 aliphatic rings. The van der Waals surface area contributed by atoms with Crippen LogP contribution < -0.4 is 10.6 Å². The molecule has 0 fully saturated rings. The van der Waals surface area contributed by atoms with Crippen LogP contribution in [0.2, 0.25) is 0 Å². The second-order valence-corrected chi connectivity index (χ2v) is 3.87. The molecule has 0 rings (SSSR count). The number of carbonyl (C=O) groups is 2. The maximum absolute atomic E-state index is 11.2. The van der Waals surface area contributed by atoms with Crippen LogP contribution in [0.5, 0.6) is 0 Å². The Morgan fingerprint density at radius 1 is 1.33 bits per heavy atom. The zero-order valence-electron chi connectivity index (χ0n) is 9.54. The van der Waals surface area contributed by atoms with Crippen molar-refractivity contribution in [2.75, 3.05) is 6.54 Å². The highest BCUT2D eigenvalue weighted by Gasteiger charge is 2.09. The second kappa shape index (κ2) is 7.09. The fourth-order valence-corrected chi connectivity index (χ4v) is 1.01. The topological polar surface area (TPSA) is 78.4 Å². The molecule has 2 atom stereocenters. The molecule has 0 radical (unpaired) electrons. The highest BCUT2D eigenvalue weighted by molar-refractivity contribution is 5.74. The van der Waals surface area contributed by atoms with E-state index in [4.69, 9.17) is 5.11 Å². The molecule has 2 amide bonds. The van der Waals surface area contributed by atoms with E-state index in [1.54, 1.807) is 6.92 Å². The quantitative estimate of drug-likeness (QED) is 0.624. The summed E-state index contributed by atoms with van der Waals surface area (Å²) in [6, 6.07) is -0.0960. The molecule has 0 aromatic heterocycles. The number of amides is 2. The smallest absolute Gasteiger partial charge is 0.315 e. The van der Waals surface area contributed by atoms with Crippen molar-refractivity contribution in [3.8, 4) is 0 Å². The minimum Gasteiger partial charge on any atom is -0.481 e. The average Bonchev–Trinajstić information content (AvgIpc) is 2.13. The van der Waals surface area contributed by atoms with E-state index in [0.29, 0.717) is 6.54 Å². The molecule has 0 saturated heterocycles. The molecule has 0 aromatic carbocycles. The van der Waals surface area contributed by atoms with Crippen LogP contribution in [0.1, 0.15) is 33.6 Å². The Kier molecular flexibility index (Phi) is 6.49. The van der Waals surface area contributed by atoms with Crippen molar-refractivity contribution in [3.05, 3.63) is 0 Å². The van der Waals surface area contributed by atoms with Gasteiger partial charge in [-0.05, 0) is 19.3 Å². The molecule has 0 bridgehead atoms. The standard InChI is InChI=1S/C10H20N2O3/c1-4-8(3)12-10(15)11-6-7(2)5-9(13)14/h7-8H,4-6H2,1-3H3,(H,13,14)(H2,11,12,15). The van der Waals surface area contributed by atoms with Gasteiger partial charge in [-0.25, -0.2) is 4.79 Å². The molecule has 88 valence electrons. The van der Waals surface area contributed by atoms with Gasteiger partial charge in [0, 0.05) is 19.0 Å². The van der Waals surface area contributed by atoms with E-state index >= 15 is 0 Å². The normalized spacial score (nSPS) is 14.1. The molecule has 5 heteroatoms. The van der Waals surface area contributed by atoms with Gasteiger partial charge in [-0.2, -0.15) is 0 Å². The van der Waals surface area contributed by atoms with Crippen LogP contribution in [0.3, 0.4) is 0 Å². The number of hydrogen-bond donors (Lipinski definition) is 3. The van der Waals surface area contributed by atoms with Crippen LogP contribution in [0, 0.1) is 5.92 Å². The van der Waals surface area contributed by atoms with Crippen LogP contribution >= 0.6 is 0 Å². The van der Waals surface area contributed by atoms with E-state index < -0.39 is 5.97 Å². The van der Waals surface area contributed by atoms with Gasteiger partial charge in [0.2, 0.25) is 0 Å². The van der Waals surface area contributed by atoms with Crippen molar-refractivity contribution in [2.24, 2.45) is 5.92 Å². The van der Waals surface area contributed by atoms with Crippen LogP contribution in [-0.2, 0) is 4.79 Å². The van der Waals surface area contributed by atoms with E-state index in [9.17, 15) is 9.59 Å². The number of carboxylic acid groups (broad SMARTS) is 1. The molecule has 0 aliphatic carbocycles. The van der Waals surface area contributed by atoms with Gasteiger partial charge in [0.1, 0.15) is 0 Å². The van der Waals surface area contributed by atoms with E-state index in [0.717, 1.165) is 6.42 Å². The lowest BCUT2D eigenvalue weighted by Gasteiger charge is -2.14. The number of nitrogens with one attached hydrogen (secondary N) is 2. The average molecular weight is 216 g/mol. The number of rotatable bonds is 6.